The molecule has 5 aromatic rings. The summed E-state index contributed by atoms with van der Waals surface area (Å²) < 4.78 is 65.4. The molecule has 2 aromatic heterocycles. The second-order valence-corrected chi connectivity index (χ2v) is 15.4. The fraction of sp³-hybridized carbons (Fsp3) is 0.200. The quantitative estimate of drug-likeness (QED) is 0.0582. The normalized spacial score (nSPS) is 12.1. The number of hydrogen-bond acceptors (Lipinski definition) is 5. The molecule has 0 saturated carbocycles. The molecule has 0 radical (unpaired) electrons. The van der Waals surface area contributed by atoms with E-state index in [9.17, 15) is 16.8 Å². The standard InChI is InChI=1S/C40H41N3O6S2/c44-50(45,46)32-6-4-26-41-28-22-36(23-29-41)12-10-34-14-18-39(19-15-34)43(38-8-2-1-3-9-38)40-20-16-35(17-21-40)11-13-37-24-30-42(31-25-37)27-5-7-33-51(47,48)49/h1-3,8-25,28-31H,4-7,26-27,32-33H2/p+2. The molecule has 0 unspecified atom stereocenters. The SMILES string of the molecule is O=S(=O)(O)CCCC[n+]1ccc(/C=C/c2ccc(N(c3ccccc3)c3ccc(/C=C/c4cc[n+](CCCCS(=O)(=O)O)cc4)cc3)cc2)cc1. The molecule has 0 atom stereocenters. The van der Waals surface area contributed by atoms with Crippen LogP contribution < -0.4 is 14.0 Å². The summed E-state index contributed by atoms with van der Waals surface area (Å²) in [5, 5.41) is 0. The minimum absolute atomic E-state index is 0.215. The minimum atomic E-state index is -3.91. The summed E-state index contributed by atoms with van der Waals surface area (Å²) in [6.45, 7) is 1.36. The number of anilines is 3. The summed E-state index contributed by atoms with van der Waals surface area (Å²) in [6, 6.07) is 35.2. The van der Waals surface area contributed by atoms with Crippen LogP contribution in [0.5, 0.6) is 0 Å². The van der Waals surface area contributed by atoms with Gasteiger partial charge in [-0.15, -0.1) is 0 Å². The number of para-hydroxylation sites is 1. The first-order valence-electron chi connectivity index (χ1n) is 16.8. The van der Waals surface area contributed by atoms with Crippen LogP contribution in [-0.4, -0.2) is 37.4 Å². The summed E-state index contributed by atoms with van der Waals surface area (Å²) in [7, 11) is -7.82. The highest BCUT2D eigenvalue weighted by Gasteiger charge is 2.12. The van der Waals surface area contributed by atoms with Crippen molar-refractivity contribution in [2.24, 2.45) is 0 Å². The number of aromatic nitrogens is 2. The van der Waals surface area contributed by atoms with Crippen LogP contribution in [-0.2, 0) is 33.3 Å². The Bertz CT molecular complexity index is 1980. The van der Waals surface area contributed by atoms with Crippen LogP contribution in [0.15, 0.2) is 128 Å². The molecular weight excluding hydrogens is 683 g/mol. The lowest BCUT2D eigenvalue weighted by Gasteiger charge is -2.25. The fourth-order valence-electron chi connectivity index (χ4n) is 5.49. The third kappa shape index (κ3) is 12.7. The molecule has 0 saturated heterocycles. The van der Waals surface area contributed by atoms with Crippen LogP contribution in [0, 0.1) is 0 Å². The van der Waals surface area contributed by atoms with E-state index in [1.807, 2.05) is 76.4 Å². The van der Waals surface area contributed by atoms with Gasteiger partial charge in [-0.05, 0) is 71.5 Å². The molecule has 0 aliphatic rings. The van der Waals surface area contributed by atoms with Gasteiger partial charge in [0.15, 0.2) is 24.8 Å². The average Bonchev–Trinajstić information content (AvgIpc) is 3.12. The van der Waals surface area contributed by atoms with Crippen molar-refractivity contribution in [2.45, 2.75) is 38.8 Å². The smallest absolute Gasteiger partial charge is 0.264 e. The van der Waals surface area contributed by atoms with E-state index in [0.717, 1.165) is 39.3 Å². The molecule has 0 bridgehead atoms. The van der Waals surface area contributed by atoms with Crippen molar-refractivity contribution in [3.8, 4) is 0 Å². The van der Waals surface area contributed by atoms with Crippen molar-refractivity contribution in [3.05, 3.63) is 150 Å². The summed E-state index contributed by atoms with van der Waals surface area (Å²) in [4.78, 5) is 2.22. The van der Waals surface area contributed by atoms with Gasteiger partial charge in [0.2, 0.25) is 0 Å². The van der Waals surface area contributed by atoms with E-state index in [1.165, 1.54) is 0 Å². The molecule has 0 amide bonds. The lowest BCUT2D eigenvalue weighted by molar-refractivity contribution is -0.697. The van der Waals surface area contributed by atoms with Crippen molar-refractivity contribution in [1.82, 2.24) is 0 Å². The van der Waals surface area contributed by atoms with Gasteiger partial charge < -0.3 is 4.90 Å². The van der Waals surface area contributed by atoms with E-state index in [1.54, 1.807) is 0 Å². The molecule has 0 aliphatic heterocycles. The maximum atomic E-state index is 10.9. The zero-order valence-corrected chi connectivity index (χ0v) is 29.9. The summed E-state index contributed by atoms with van der Waals surface area (Å²) in [5.41, 5.74) is 7.36. The van der Waals surface area contributed by atoms with Gasteiger partial charge in [-0.25, -0.2) is 9.13 Å². The highest BCUT2D eigenvalue weighted by Crippen LogP contribution is 2.34. The molecule has 0 spiro atoms. The molecule has 264 valence electrons. The highest BCUT2D eigenvalue weighted by atomic mass is 32.2. The zero-order chi connectivity index (χ0) is 36.1. The average molecular weight is 726 g/mol. The summed E-state index contributed by atoms with van der Waals surface area (Å²) >= 11 is 0. The second kappa shape index (κ2) is 17.8. The third-order valence-corrected chi connectivity index (χ3v) is 9.83. The maximum Gasteiger partial charge on any atom is 0.264 e. The number of aryl methyl sites for hydroxylation is 2. The molecule has 5 rings (SSSR count). The molecule has 2 N–H and O–H groups in total. The number of benzene rings is 3. The lowest BCUT2D eigenvalue weighted by Crippen LogP contribution is -2.32. The van der Waals surface area contributed by atoms with Crippen molar-refractivity contribution in [1.29, 1.82) is 0 Å². The number of hydrogen-bond donors (Lipinski definition) is 2. The van der Waals surface area contributed by atoms with Gasteiger partial charge in [0.05, 0.1) is 11.5 Å². The topological polar surface area (TPSA) is 120 Å². The first kappa shape index (κ1) is 37.3. The van der Waals surface area contributed by atoms with Crippen molar-refractivity contribution in [3.63, 3.8) is 0 Å². The first-order valence-corrected chi connectivity index (χ1v) is 20.0. The Balaban J connectivity index is 1.21. The number of nitrogens with zero attached hydrogens (tertiary/aromatic N) is 3. The predicted molar refractivity (Wildman–Crippen MR) is 204 cm³/mol. The van der Waals surface area contributed by atoms with E-state index in [2.05, 4.69) is 89.9 Å². The summed E-state index contributed by atoms with van der Waals surface area (Å²) in [6.07, 6.45) is 18.3. The van der Waals surface area contributed by atoms with E-state index in [0.29, 0.717) is 38.8 Å². The van der Waals surface area contributed by atoms with Gasteiger partial charge in [0, 0.05) is 54.2 Å². The Kier molecular flexibility index (Phi) is 13.0. The Morgan fingerprint density at radius 2 is 0.784 bits per heavy atom. The zero-order valence-electron chi connectivity index (χ0n) is 28.3. The van der Waals surface area contributed by atoms with E-state index < -0.39 is 20.2 Å². The second-order valence-electron chi connectivity index (χ2n) is 12.2. The number of rotatable bonds is 17. The van der Waals surface area contributed by atoms with Crippen molar-refractivity contribution in [2.75, 3.05) is 16.4 Å². The van der Waals surface area contributed by atoms with Crippen LogP contribution in [0.1, 0.15) is 47.9 Å². The predicted octanol–water partition coefficient (Wildman–Crippen LogP) is 7.41. The summed E-state index contributed by atoms with van der Waals surface area (Å²) in [5.74, 6) is -0.429. The minimum Gasteiger partial charge on any atom is -0.311 e. The maximum absolute atomic E-state index is 10.9. The number of unbranched alkanes of at least 4 members (excludes halogenated alkanes) is 2. The van der Waals surface area contributed by atoms with Gasteiger partial charge in [-0.1, -0.05) is 66.8 Å². The van der Waals surface area contributed by atoms with Crippen molar-refractivity contribution < 1.29 is 35.1 Å². The molecular formula is C40H43N3O6S2+2. The van der Waals surface area contributed by atoms with Gasteiger partial charge >= 0.3 is 0 Å². The van der Waals surface area contributed by atoms with Crippen molar-refractivity contribution >= 4 is 61.6 Å². The van der Waals surface area contributed by atoms with Crippen LogP contribution in [0.3, 0.4) is 0 Å². The largest absolute Gasteiger partial charge is 0.311 e. The van der Waals surface area contributed by atoms with Gasteiger partial charge in [0.1, 0.15) is 13.1 Å². The monoisotopic (exact) mass is 725 g/mol. The fourth-order valence-corrected chi connectivity index (χ4v) is 6.63. The van der Waals surface area contributed by atoms with Gasteiger partial charge in [-0.3, -0.25) is 9.11 Å². The Labute approximate surface area is 301 Å². The van der Waals surface area contributed by atoms with Gasteiger partial charge in [0.25, 0.3) is 20.2 Å². The molecule has 51 heavy (non-hydrogen) atoms. The lowest BCUT2D eigenvalue weighted by atomic mass is 10.1. The van der Waals surface area contributed by atoms with Crippen LogP contribution in [0.25, 0.3) is 24.3 Å². The van der Waals surface area contributed by atoms with E-state index in [4.69, 9.17) is 9.11 Å². The Morgan fingerprint density at radius 3 is 1.14 bits per heavy atom. The number of pyridine rings is 2. The molecule has 11 heteroatoms. The van der Waals surface area contributed by atoms with Crippen LogP contribution in [0.2, 0.25) is 0 Å². The van der Waals surface area contributed by atoms with Crippen LogP contribution >= 0.6 is 0 Å². The van der Waals surface area contributed by atoms with E-state index >= 15 is 0 Å². The molecule has 2 heterocycles. The Morgan fingerprint density at radius 1 is 0.451 bits per heavy atom. The molecule has 0 fully saturated rings. The van der Waals surface area contributed by atoms with Gasteiger partial charge in [-0.2, -0.15) is 16.8 Å². The first-order chi connectivity index (χ1) is 24.5. The third-order valence-electron chi connectivity index (χ3n) is 8.22. The van der Waals surface area contributed by atoms with Crippen LogP contribution in [0.4, 0.5) is 17.1 Å². The van der Waals surface area contributed by atoms with E-state index in [-0.39, 0.29) is 11.5 Å². The molecule has 3 aromatic carbocycles. The highest BCUT2D eigenvalue weighted by molar-refractivity contribution is 7.86. The molecule has 0 aliphatic carbocycles. The molecule has 9 nitrogen and oxygen atoms in total. The Hall–Kier alpha value is -4.94.